The average molecular weight is 193 g/mol. The van der Waals surface area contributed by atoms with Crippen LogP contribution in [0.2, 0.25) is 5.15 Å². The number of halogens is 2. The van der Waals surface area contributed by atoms with Gasteiger partial charge >= 0.3 is 5.97 Å². The molecule has 6 heteroatoms. The van der Waals surface area contributed by atoms with Crippen molar-refractivity contribution in [3.63, 3.8) is 0 Å². The standard InChI is InChI=1S/C6H6ClFN2O2/c1-10-3(2-8)4(6(11)12)5(7)9-10/h2H2,1H3,(H,11,12). The summed E-state index contributed by atoms with van der Waals surface area (Å²) in [5, 5.41) is 12.0. The fraction of sp³-hybridized carbons (Fsp3) is 0.333. The molecule has 0 saturated heterocycles. The number of aromatic carboxylic acids is 1. The van der Waals surface area contributed by atoms with E-state index in [-0.39, 0.29) is 16.4 Å². The summed E-state index contributed by atoms with van der Waals surface area (Å²) in [4.78, 5) is 10.5. The summed E-state index contributed by atoms with van der Waals surface area (Å²) in [6.07, 6.45) is 0. The Morgan fingerprint density at radius 1 is 1.83 bits per heavy atom. The van der Waals surface area contributed by atoms with Gasteiger partial charge in [-0.05, 0) is 0 Å². The van der Waals surface area contributed by atoms with Gasteiger partial charge in [-0.25, -0.2) is 9.18 Å². The van der Waals surface area contributed by atoms with E-state index in [0.29, 0.717) is 0 Å². The van der Waals surface area contributed by atoms with E-state index in [9.17, 15) is 9.18 Å². The Morgan fingerprint density at radius 3 is 2.75 bits per heavy atom. The first-order valence-electron chi connectivity index (χ1n) is 3.08. The Labute approximate surface area is 72.6 Å². The summed E-state index contributed by atoms with van der Waals surface area (Å²) in [6.45, 7) is -0.891. The molecule has 0 atom stereocenters. The van der Waals surface area contributed by atoms with Gasteiger partial charge in [0.25, 0.3) is 0 Å². The number of hydrogen-bond donors (Lipinski definition) is 1. The van der Waals surface area contributed by atoms with Gasteiger partial charge in [0, 0.05) is 7.05 Å². The van der Waals surface area contributed by atoms with Crippen molar-refractivity contribution in [2.45, 2.75) is 6.67 Å². The normalized spacial score (nSPS) is 10.2. The first-order chi connectivity index (χ1) is 5.57. The Hall–Kier alpha value is -1.10. The molecule has 1 heterocycles. The molecule has 0 saturated carbocycles. The fourth-order valence-corrected chi connectivity index (χ4v) is 1.19. The predicted molar refractivity (Wildman–Crippen MR) is 40.0 cm³/mol. The quantitative estimate of drug-likeness (QED) is 0.767. The van der Waals surface area contributed by atoms with E-state index in [1.807, 2.05) is 0 Å². The van der Waals surface area contributed by atoms with Crippen LogP contribution >= 0.6 is 11.6 Å². The second-order valence-electron chi connectivity index (χ2n) is 2.17. The molecule has 0 radical (unpaired) electrons. The molecule has 1 N–H and O–H groups in total. The molecule has 4 nitrogen and oxygen atoms in total. The molecule has 0 amide bonds. The third-order valence-corrected chi connectivity index (χ3v) is 1.73. The lowest BCUT2D eigenvalue weighted by Crippen LogP contribution is -2.02. The van der Waals surface area contributed by atoms with Gasteiger partial charge in [-0.15, -0.1) is 0 Å². The SMILES string of the molecule is Cn1nc(Cl)c(C(=O)O)c1CF. The van der Waals surface area contributed by atoms with Crippen molar-refractivity contribution in [2.75, 3.05) is 0 Å². The number of carboxylic acids is 1. The summed E-state index contributed by atoms with van der Waals surface area (Å²) in [6, 6.07) is 0. The summed E-state index contributed by atoms with van der Waals surface area (Å²) >= 11 is 5.44. The van der Waals surface area contributed by atoms with Crippen LogP contribution in [-0.2, 0) is 13.7 Å². The summed E-state index contributed by atoms with van der Waals surface area (Å²) in [5.41, 5.74) is -0.283. The average Bonchev–Trinajstić information content (AvgIpc) is 2.24. The van der Waals surface area contributed by atoms with Crippen molar-refractivity contribution < 1.29 is 14.3 Å². The molecular weight excluding hydrogens is 187 g/mol. The van der Waals surface area contributed by atoms with E-state index in [1.54, 1.807) is 0 Å². The molecule has 1 aromatic rings. The molecule has 0 unspecified atom stereocenters. The van der Waals surface area contributed by atoms with Crippen LogP contribution in [0, 0.1) is 0 Å². The molecule has 0 aromatic carbocycles. The van der Waals surface area contributed by atoms with Crippen molar-refractivity contribution in [1.82, 2.24) is 9.78 Å². The van der Waals surface area contributed by atoms with E-state index in [2.05, 4.69) is 5.10 Å². The number of carboxylic acid groups (broad SMARTS) is 1. The maximum absolute atomic E-state index is 12.2. The number of carbonyl (C=O) groups is 1. The monoisotopic (exact) mass is 192 g/mol. The lowest BCUT2D eigenvalue weighted by Gasteiger charge is -1.95. The van der Waals surface area contributed by atoms with Crippen LogP contribution < -0.4 is 0 Å². The summed E-state index contributed by atoms with van der Waals surface area (Å²) in [5.74, 6) is -1.26. The van der Waals surface area contributed by atoms with Gasteiger partial charge < -0.3 is 5.11 Å². The number of rotatable bonds is 2. The van der Waals surface area contributed by atoms with Crippen molar-refractivity contribution in [1.29, 1.82) is 0 Å². The van der Waals surface area contributed by atoms with Crippen LogP contribution in [-0.4, -0.2) is 20.9 Å². The topological polar surface area (TPSA) is 55.1 Å². The molecule has 0 spiro atoms. The van der Waals surface area contributed by atoms with E-state index in [0.717, 1.165) is 4.68 Å². The molecule has 0 bridgehead atoms. The number of hydrogen-bond acceptors (Lipinski definition) is 2. The van der Waals surface area contributed by atoms with E-state index in [4.69, 9.17) is 16.7 Å². The van der Waals surface area contributed by atoms with Crippen LogP contribution in [0.3, 0.4) is 0 Å². The highest BCUT2D eigenvalue weighted by molar-refractivity contribution is 6.32. The Balaban J connectivity index is 3.32. The Kier molecular flexibility index (Phi) is 2.32. The number of aryl methyl sites for hydroxylation is 1. The van der Waals surface area contributed by atoms with Gasteiger partial charge in [-0.1, -0.05) is 11.6 Å². The molecule has 0 aliphatic heterocycles. The molecule has 12 heavy (non-hydrogen) atoms. The lowest BCUT2D eigenvalue weighted by molar-refractivity contribution is 0.0694. The van der Waals surface area contributed by atoms with Crippen LogP contribution in [0.15, 0.2) is 0 Å². The van der Waals surface area contributed by atoms with Gasteiger partial charge in [-0.3, -0.25) is 4.68 Å². The Bertz CT molecular complexity index is 324. The number of alkyl halides is 1. The summed E-state index contributed by atoms with van der Waals surface area (Å²) < 4.78 is 13.4. The van der Waals surface area contributed by atoms with E-state index in [1.165, 1.54) is 7.05 Å². The van der Waals surface area contributed by atoms with Crippen LogP contribution in [0.5, 0.6) is 0 Å². The third kappa shape index (κ3) is 1.27. The molecule has 0 aliphatic rings. The molecule has 66 valence electrons. The largest absolute Gasteiger partial charge is 0.478 e. The first kappa shape index (κ1) is 8.99. The van der Waals surface area contributed by atoms with Gasteiger partial charge in [0.2, 0.25) is 0 Å². The van der Waals surface area contributed by atoms with Gasteiger partial charge in [0.1, 0.15) is 12.2 Å². The molecule has 1 rings (SSSR count). The van der Waals surface area contributed by atoms with Crippen LogP contribution in [0.1, 0.15) is 16.1 Å². The second-order valence-corrected chi connectivity index (χ2v) is 2.53. The van der Waals surface area contributed by atoms with Crippen molar-refractivity contribution in [3.05, 3.63) is 16.4 Å². The number of nitrogens with zero attached hydrogens (tertiary/aromatic N) is 2. The minimum absolute atomic E-state index is 0.0208. The van der Waals surface area contributed by atoms with Gasteiger partial charge in [0.15, 0.2) is 5.15 Å². The minimum atomic E-state index is -1.26. The predicted octanol–water partition coefficient (Wildman–Crippen LogP) is 1.24. The zero-order valence-corrected chi connectivity index (χ0v) is 6.97. The summed E-state index contributed by atoms with van der Waals surface area (Å²) in [7, 11) is 1.44. The molecular formula is C6H6ClFN2O2. The molecule has 0 aliphatic carbocycles. The van der Waals surface area contributed by atoms with E-state index >= 15 is 0 Å². The van der Waals surface area contributed by atoms with Crippen molar-refractivity contribution >= 4 is 17.6 Å². The highest BCUT2D eigenvalue weighted by Crippen LogP contribution is 2.19. The van der Waals surface area contributed by atoms with Crippen LogP contribution in [0.4, 0.5) is 4.39 Å². The highest BCUT2D eigenvalue weighted by Gasteiger charge is 2.20. The fourth-order valence-electron chi connectivity index (χ4n) is 0.888. The smallest absolute Gasteiger partial charge is 0.340 e. The van der Waals surface area contributed by atoms with Gasteiger partial charge in [0.05, 0.1) is 5.69 Å². The van der Waals surface area contributed by atoms with Gasteiger partial charge in [-0.2, -0.15) is 5.10 Å². The Morgan fingerprint density at radius 2 is 2.42 bits per heavy atom. The highest BCUT2D eigenvalue weighted by atomic mass is 35.5. The minimum Gasteiger partial charge on any atom is -0.478 e. The van der Waals surface area contributed by atoms with Crippen LogP contribution in [0.25, 0.3) is 0 Å². The van der Waals surface area contributed by atoms with E-state index < -0.39 is 12.6 Å². The lowest BCUT2D eigenvalue weighted by atomic mass is 10.2. The van der Waals surface area contributed by atoms with Crippen molar-refractivity contribution in [2.24, 2.45) is 7.05 Å². The zero-order chi connectivity index (χ0) is 9.30. The maximum Gasteiger partial charge on any atom is 0.340 e. The first-order valence-corrected chi connectivity index (χ1v) is 3.46. The van der Waals surface area contributed by atoms with Crippen molar-refractivity contribution in [3.8, 4) is 0 Å². The third-order valence-electron chi connectivity index (χ3n) is 1.46. The second kappa shape index (κ2) is 3.10. The zero-order valence-electron chi connectivity index (χ0n) is 6.21. The number of aromatic nitrogens is 2. The molecule has 1 aromatic heterocycles. The molecule has 0 fully saturated rings. The maximum atomic E-state index is 12.2.